The van der Waals surface area contributed by atoms with Gasteiger partial charge in [0.1, 0.15) is 0 Å². The van der Waals surface area contributed by atoms with Gasteiger partial charge in [-0.05, 0) is 30.2 Å². The molecule has 0 bridgehead atoms. The minimum atomic E-state index is -5.09. The standard InChI is InChI=1S/C17H10F6N2O3/c18-16(19,20)11-5-10(6-12(7-11)17(21,22)23)15(26)24-4-3-9-1-2-13(25(27)28)8-14(9)24/h1-2,5-8H,3-4H2. The zero-order chi connectivity index (χ0) is 20.9. The van der Waals surface area contributed by atoms with E-state index >= 15 is 0 Å². The van der Waals surface area contributed by atoms with Gasteiger partial charge in [0, 0.05) is 24.2 Å². The second-order valence-electron chi connectivity index (χ2n) is 6.07. The van der Waals surface area contributed by atoms with Gasteiger partial charge in [0.15, 0.2) is 0 Å². The van der Waals surface area contributed by atoms with E-state index in [2.05, 4.69) is 0 Å². The lowest BCUT2D eigenvalue weighted by Gasteiger charge is -2.19. The van der Waals surface area contributed by atoms with Crippen LogP contribution in [0.5, 0.6) is 0 Å². The number of carbonyl (C=O) groups excluding carboxylic acids is 1. The van der Waals surface area contributed by atoms with Crippen LogP contribution in [0.1, 0.15) is 27.0 Å². The molecule has 0 aromatic heterocycles. The first kappa shape index (κ1) is 19.6. The van der Waals surface area contributed by atoms with E-state index in [0.717, 1.165) is 11.0 Å². The van der Waals surface area contributed by atoms with Crippen LogP contribution in [0.25, 0.3) is 0 Å². The molecule has 5 nitrogen and oxygen atoms in total. The molecule has 3 rings (SSSR count). The van der Waals surface area contributed by atoms with E-state index in [4.69, 9.17) is 0 Å². The number of nitro groups is 1. The normalized spacial score (nSPS) is 14.1. The van der Waals surface area contributed by atoms with Crippen molar-refractivity contribution in [3.05, 3.63) is 68.8 Å². The molecule has 0 aliphatic carbocycles. The number of nitro benzene ring substituents is 1. The number of alkyl halides is 6. The van der Waals surface area contributed by atoms with Gasteiger partial charge >= 0.3 is 12.4 Å². The highest BCUT2D eigenvalue weighted by molar-refractivity contribution is 6.07. The lowest BCUT2D eigenvalue weighted by atomic mass is 10.0. The Morgan fingerprint density at radius 3 is 2.04 bits per heavy atom. The minimum absolute atomic E-state index is 0.0209. The van der Waals surface area contributed by atoms with Gasteiger partial charge in [0.05, 0.1) is 21.7 Å². The van der Waals surface area contributed by atoms with Crippen molar-refractivity contribution >= 4 is 17.3 Å². The highest BCUT2D eigenvalue weighted by Crippen LogP contribution is 2.38. The zero-order valence-corrected chi connectivity index (χ0v) is 13.8. The van der Waals surface area contributed by atoms with Crippen molar-refractivity contribution < 1.29 is 36.1 Å². The summed E-state index contributed by atoms with van der Waals surface area (Å²) in [5.41, 5.74) is -3.75. The van der Waals surface area contributed by atoms with Crippen molar-refractivity contribution in [1.82, 2.24) is 0 Å². The van der Waals surface area contributed by atoms with E-state index in [1.165, 1.54) is 12.1 Å². The topological polar surface area (TPSA) is 63.5 Å². The molecule has 28 heavy (non-hydrogen) atoms. The smallest absolute Gasteiger partial charge is 0.308 e. The molecule has 2 aromatic carbocycles. The Morgan fingerprint density at radius 2 is 1.54 bits per heavy atom. The summed E-state index contributed by atoms with van der Waals surface area (Å²) in [5.74, 6) is -1.10. The quantitative estimate of drug-likeness (QED) is 0.409. The first-order chi connectivity index (χ1) is 12.9. The van der Waals surface area contributed by atoms with Crippen LogP contribution in [0, 0.1) is 10.1 Å². The molecule has 1 aliphatic rings. The molecule has 0 N–H and O–H groups in total. The molecule has 148 valence electrons. The van der Waals surface area contributed by atoms with E-state index in [0.29, 0.717) is 17.7 Å². The third-order valence-corrected chi connectivity index (χ3v) is 4.26. The van der Waals surface area contributed by atoms with Crippen molar-refractivity contribution in [2.75, 3.05) is 11.4 Å². The molecule has 1 amide bonds. The maximum absolute atomic E-state index is 13.0. The van der Waals surface area contributed by atoms with Crippen LogP contribution < -0.4 is 4.90 Å². The molecule has 0 radical (unpaired) electrons. The summed E-state index contributed by atoms with van der Waals surface area (Å²) in [4.78, 5) is 23.8. The maximum atomic E-state index is 13.0. The van der Waals surface area contributed by atoms with Crippen LogP contribution in [-0.2, 0) is 18.8 Å². The van der Waals surface area contributed by atoms with Gasteiger partial charge < -0.3 is 4.90 Å². The summed E-state index contributed by atoms with van der Waals surface area (Å²) in [6.07, 6.45) is -9.90. The summed E-state index contributed by atoms with van der Waals surface area (Å²) in [5, 5.41) is 10.9. The van der Waals surface area contributed by atoms with Gasteiger partial charge in [-0.3, -0.25) is 14.9 Å². The Labute approximate surface area is 153 Å². The van der Waals surface area contributed by atoms with Gasteiger partial charge in [-0.25, -0.2) is 0 Å². The summed E-state index contributed by atoms with van der Waals surface area (Å²) in [6, 6.07) is 4.28. The number of nitrogens with zero attached hydrogens (tertiary/aromatic N) is 2. The Bertz CT molecular complexity index is 936. The van der Waals surface area contributed by atoms with Crippen LogP contribution in [0.15, 0.2) is 36.4 Å². The van der Waals surface area contributed by atoms with Crippen LogP contribution in [0.2, 0.25) is 0 Å². The Balaban J connectivity index is 2.07. The number of hydrogen-bond donors (Lipinski definition) is 0. The van der Waals surface area contributed by atoms with Crippen molar-refractivity contribution in [2.45, 2.75) is 18.8 Å². The third-order valence-electron chi connectivity index (χ3n) is 4.26. The monoisotopic (exact) mass is 404 g/mol. The van der Waals surface area contributed by atoms with Gasteiger partial charge in [0.2, 0.25) is 0 Å². The largest absolute Gasteiger partial charge is 0.416 e. The molecule has 2 aromatic rings. The number of amides is 1. The molecular formula is C17H10F6N2O3. The predicted molar refractivity (Wildman–Crippen MR) is 84.9 cm³/mol. The van der Waals surface area contributed by atoms with Crippen LogP contribution >= 0.6 is 0 Å². The average molecular weight is 404 g/mol. The van der Waals surface area contributed by atoms with Gasteiger partial charge in [-0.1, -0.05) is 6.07 Å². The molecule has 0 saturated carbocycles. The molecule has 0 spiro atoms. The molecule has 11 heteroatoms. The fourth-order valence-electron chi connectivity index (χ4n) is 2.93. The molecule has 0 saturated heterocycles. The Morgan fingerprint density at radius 1 is 0.964 bits per heavy atom. The molecule has 0 unspecified atom stereocenters. The van der Waals surface area contributed by atoms with E-state index in [9.17, 15) is 41.3 Å². The highest BCUT2D eigenvalue weighted by Gasteiger charge is 2.38. The number of benzene rings is 2. The van der Waals surface area contributed by atoms with Crippen LogP contribution in [0.3, 0.4) is 0 Å². The lowest BCUT2D eigenvalue weighted by molar-refractivity contribution is -0.384. The number of carbonyl (C=O) groups is 1. The number of halogens is 6. The maximum Gasteiger partial charge on any atom is 0.416 e. The van der Waals surface area contributed by atoms with E-state index in [1.807, 2.05) is 0 Å². The van der Waals surface area contributed by atoms with E-state index in [-0.39, 0.29) is 30.4 Å². The van der Waals surface area contributed by atoms with Crippen molar-refractivity contribution in [2.24, 2.45) is 0 Å². The fraction of sp³-hybridized carbons (Fsp3) is 0.235. The SMILES string of the molecule is O=C(c1cc(C(F)(F)F)cc(C(F)(F)F)c1)N1CCc2ccc([N+](=O)[O-])cc21. The number of anilines is 1. The zero-order valence-electron chi connectivity index (χ0n) is 13.8. The van der Waals surface area contributed by atoms with E-state index < -0.39 is 39.9 Å². The van der Waals surface area contributed by atoms with Crippen LogP contribution in [0.4, 0.5) is 37.7 Å². The predicted octanol–water partition coefficient (Wildman–Crippen LogP) is 4.84. The summed E-state index contributed by atoms with van der Waals surface area (Å²) in [7, 11) is 0. The Hall–Kier alpha value is -3.11. The first-order valence-corrected chi connectivity index (χ1v) is 7.76. The summed E-state index contributed by atoms with van der Waals surface area (Å²) in [6.45, 7) is -0.0209. The van der Waals surface area contributed by atoms with Crippen molar-refractivity contribution in [1.29, 1.82) is 0 Å². The van der Waals surface area contributed by atoms with Gasteiger partial charge in [0.25, 0.3) is 11.6 Å². The summed E-state index contributed by atoms with van der Waals surface area (Å²) >= 11 is 0. The fourth-order valence-corrected chi connectivity index (χ4v) is 2.93. The lowest BCUT2D eigenvalue weighted by Crippen LogP contribution is -2.29. The van der Waals surface area contributed by atoms with E-state index in [1.54, 1.807) is 0 Å². The molecule has 1 heterocycles. The third kappa shape index (κ3) is 3.64. The first-order valence-electron chi connectivity index (χ1n) is 7.76. The Kier molecular flexibility index (Phi) is 4.56. The second kappa shape index (κ2) is 6.50. The minimum Gasteiger partial charge on any atom is -0.308 e. The molecule has 0 atom stereocenters. The highest BCUT2D eigenvalue weighted by atomic mass is 19.4. The molecular weight excluding hydrogens is 394 g/mol. The molecule has 0 fully saturated rings. The number of non-ortho nitro benzene ring substituents is 1. The van der Waals surface area contributed by atoms with Crippen molar-refractivity contribution in [3.63, 3.8) is 0 Å². The second-order valence-corrected chi connectivity index (χ2v) is 6.07. The average Bonchev–Trinajstić information content (AvgIpc) is 3.02. The van der Waals surface area contributed by atoms with Crippen molar-refractivity contribution in [3.8, 4) is 0 Å². The number of rotatable bonds is 2. The number of fused-ring (bicyclic) bond motifs is 1. The molecule has 1 aliphatic heterocycles. The number of hydrogen-bond acceptors (Lipinski definition) is 3. The summed E-state index contributed by atoms with van der Waals surface area (Å²) < 4.78 is 77.9. The van der Waals surface area contributed by atoms with Gasteiger partial charge in [-0.2, -0.15) is 26.3 Å². The van der Waals surface area contributed by atoms with Crippen LogP contribution in [-0.4, -0.2) is 17.4 Å². The van der Waals surface area contributed by atoms with Gasteiger partial charge in [-0.15, -0.1) is 0 Å².